The second kappa shape index (κ2) is 11.5. The first kappa shape index (κ1) is 24.9. The average Bonchev–Trinajstić information content (AvgIpc) is 2.90. The van der Waals surface area contributed by atoms with Gasteiger partial charge in [-0.1, -0.05) is 0 Å². The lowest BCUT2D eigenvalue weighted by Gasteiger charge is -2.25. The minimum Gasteiger partial charge on any atom is -0.487 e. The lowest BCUT2D eigenvalue weighted by Crippen LogP contribution is -2.26. The Morgan fingerprint density at radius 3 is 2.76 bits per heavy atom. The van der Waals surface area contributed by atoms with Crippen molar-refractivity contribution in [1.29, 1.82) is 0 Å². The summed E-state index contributed by atoms with van der Waals surface area (Å²) in [6.07, 6.45) is 4.36. The number of amides is 1. The molecule has 9 nitrogen and oxygen atoms in total. The minimum absolute atomic E-state index is 0.115. The number of benzene rings is 2. The number of nitrogens with one attached hydrogen (secondary N) is 2. The Balaban J connectivity index is 1.47. The van der Waals surface area contributed by atoms with Gasteiger partial charge in [0.1, 0.15) is 6.10 Å². The average molecular weight is 508 g/mol. The van der Waals surface area contributed by atoms with E-state index in [1.54, 1.807) is 36.5 Å². The highest BCUT2D eigenvalue weighted by molar-refractivity contribution is 5.96. The van der Waals surface area contributed by atoms with E-state index in [2.05, 4.69) is 20.6 Å². The monoisotopic (exact) mass is 507 g/mol. The summed E-state index contributed by atoms with van der Waals surface area (Å²) in [6.45, 7) is 2.33. The Hall–Kier alpha value is -3.76. The van der Waals surface area contributed by atoms with Gasteiger partial charge in [0.15, 0.2) is 11.6 Å². The zero-order chi connectivity index (χ0) is 25.6. The number of halogens is 1. The van der Waals surface area contributed by atoms with Gasteiger partial charge in [0.25, 0.3) is 5.91 Å². The lowest BCUT2D eigenvalue weighted by atomic mass is 10.1. The number of fused-ring (bicyclic) bond motifs is 9. The van der Waals surface area contributed by atoms with E-state index in [1.807, 2.05) is 0 Å². The molecule has 0 aliphatic carbocycles. The standard InChI is InChI=1S/C27H30FN5O4/c28-22-15-19-13-18(25(22)37-20-6-11-35-12-7-20)16-36-10-2-1-8-30-26(34)17-3-4-21(23(29)14-17)24-5-9-31-27(32-19)33-24/h3-5,9,13-15,20H,1-2,6-8,10-12,16,29H2,(H,30,34)(H,31,32,33). The van der Waals surface area contributed by atoms with Gasteiger partial charge in [-0.2, -0.15) is 0 Å². The van der Waals surface area contributed by atoms with Gasteiger partial charge in [-0.25, -0.2) is 14.4 Å². The highest BCUT2D eigenvalue weighted by Gasteiger charge is 2.21. The zero-order valence-electron chi connectivity index (χ0n) is 20.5. The summed E-state index contributed by atoms with van der Waals surface area (Å²) < 4.78 is 32.7. The van der Waals surface area contributed by atoms with Crippen LogP contribution in [0.1, 0.15) is 41.6 Å². The highest BCUT2D eigenvalue weighted by Crippen LogP contribution is 2.32. The summed E-state index contributed by atoms with van der Waals surface area (Å²) in [6, 6.07) is 10.0. The van der Waals surface area contributed by atoms with Crippen LogP contribution >= 0.6 is 0 Å². The summed E-state index contributed by atoms with van der Waals surface area (Å²) in [5, 5.41) is 6.00. The smallest absolute Gasteiger partial charge is 0.251 e. The Morgan fingerprint density at radius 1 is 1.05 bits per heavy atom. The molecule has 194 valence electrons. The third-order valence-corrected chi connectivity index (χ3v) is 6.33. The topological polar surface area (TPSA) is 121 Å². The molecule has 6 bridgehead atoms. The molecule has 1 amide bonds. The van der Waals surface area contributed by atoms with Crippen LogP contribution < -0.4 is 21.1 Å². The lowest BCUT2D eigenvalue weighted by molar-refractivity contribution is 0.0223. The third-order valence-electron chi connectivity index (χ3n) is 6.33. The molecule has 3 aliphatic rings. The molecule has 10 heteroatoms. The van der Waals surface area contributed by atoms with Crippen LogP contribution in [-0.4, -0.2) is 48.3 Å². The van der Waals surface area contributed by atoms with E-state index in [4.69, 9.17) is 19.9 Å². The third kappa shape index (κ3) is 6.15. The van der Waals surface area contributed by atoms with E-state index in [-0.39, 0.29) is 30.3 Å². The number of rotatable bonds is 2. The quantitative estimate of drug-likeness (QED) is 0.441. The summed E-state index contributed by atoms with van der Waals surface area (Å²) in [5.74, 6) is -0.206. The Labute approximate surface area is 214 Å². The van der Waals surface area contributed by atoms with E-state index in [9.17, 15) is 4.79 Å². The molecule has 0 atom stereocenters. The van der Waals surface area contributed by atoms with Gasteiger partial charge in [-0.05, 0) is 43.2 Å². The number of ether oxygens (including phenoxy) is 3. The van der Waals surface area contributed by atoms with E-state index in [0.29, 0.717) is 73.0 Å². The van der Waals surface area contributed by atoms with E-state index >= 15 is 4.39 Å². The molecule has 1 aromatic heterocycles. The minimum atomic E-state index is -0.486. The van der Waals surface area contributed by atoms with Crippen LogP contribution in [-0.2, 0) is 16.1 Å². The van der Waals surface area contributed by atoms with Gasteiger partial charge in [0.2, 0.25) is 5.95 Å². The van der Waals surface area contributed by atoms with Gasteiger partial charge in [-0.3, -0.25) is 4.79 Å². The van der Waals surface area contributed by atoms with Crippen molar-refractivity contribution in [2.45, 2.75) is 38.4 Å². The van der Waals surface area contributed by atoms with Crippen LogP contribution in [0.2, 0.25) is 0 Å². The van der Waals surface area contributed by atoms with Crippen molar-refractivity contribution in [2.75, 3.05) is 37.4 Å². The Morgan fingerprint density at radius 2 is 1.92 bits per heavy atom. The Bertz CT molecular complexity index is 1270. The molecule has 1 saturated heterocycles. The maximum absolute atomic E-state index is 15.3. The summed E-state index contributed by atoms with van der Waals surface area (Å²) >= 11 is 0. The van der Waals surface area contributed by atoms with Crippen molar-refractivity contribution in [3.63, 3.8) is 0 Å². The predicted octanol–water partition coefficient (Wildman–Crippen LogP) is 4.21. The first-order valence-electron chi connectivity index (χ1n) is 12.5. The molecule has 6 rings (SSSR count). The van der Waals surface area contributed by atoms with Gasteiger partial charge >= 0.3 is 0 Å². The fourth-order valence-electron chi connectivity index (χ4n) is 4.37. The van der Waals surface area contributed by atoms with Gasteiger partial charge in [0.05, 0.1) is 25.5 Å². The molecule has 37 heavy (non-hydrogen) atoms. The number of nitrogens with two attached hydrogens (primary N) is 1. The summed E-state index contributed by atoms with van der Waals surface area (Å²) in [7, 11) is 0. The fourth-order valence-corrected chi connectivity index (χ4v) is 4.37. The summed E-state index contributed by atoms with van der Waals surface area (Å²) in [4.78, 5) is 21.4. The second-order valence-electron chi connectivity index (χ2n) is 9.08. The van der Waals surface area contributed by atoms with Crippen molar-refractivity contribution in [3.8, 4) is 17.0 Å². The maximum Gasteiger partial charge on any atom is 0.251 e. The molecular formula is C27H30FN5O4. The molecule has 2 aromatic carbocycles. The number of nitrogens with zero attached hydrogens (tertiary/aromatic N) is 2. The molecule has 4 heterocycles. The van der Waals surface area contributed by atoms with E-state index < -0.39 is 5.82 Å². The molecule has 0 radical (unpaired) electrons. The second-order valence-corrected chi connectivity index (χ2v) is 9.08. The van der Waals surface area contributed by atoms with Crippen LogP contribution in [0.3, 0.4) is 0 Å². The number of carbonyl (C=O) groups excluding carboxylic acids is 1. The Kier molecular flexibility index (Phi) is 7.76. The molecule has 0 spiro atoms. The van der Waals surface area contributed by atoms with Crippen LogP contribution in [0.25, 0.3) is 11.3 Å². The highest BCUT2D eigenvalue weighted by atomic mass is 19.1. The van der Waals surface area contributed by atoms with Crippen molar-refractivity contribution in [3.05, 3.63) is 59.5 Å². The van der Waals surface area contributed by atoms with Crippen molar-refractivity contribution in [2.24, 2.45) is 0 Å². The number of hydrogen-bond acceptors (Lipinski definition) is 8. The van der Waals surface area contributed by atoms with Gasteiger partial charge in [0, 0.05) is 66.3 Å². The van der Waals surface area contributed by atoms with Crippen LogP contribution in [0.5, 0.6) is 5.75 Å². The summed E-state index contributed by atoms with van der Waals surface area (Å²) in [5.41, 5.74) is 9.47. The largest absolute Gasteiger partial charge is 0.487 e. The fraction of sp³-hybridized carbons (Fsp3) is 0.370. The van der Waals surface area contributed by atoms with Crippen molar-refractivity contribution in [1.82, 2.24) is 15.3 Å². The number of hydrogen-bond donors (Lipinski definition) is 3. The van der Waals surface area contributed by atoms with Crippen molar-refractivity contribution < 1.29 is 23.4 Å². The van der Waals surface area contributed by atoms with Crippen LogP contribution in [0, 0.1) is 5.82 Å². The van der Waals surface area contributed by atoms with Crippen LogP contribution in [0.4, 0.5) is 21.7 Å². The molecule has 3 aromatic rings. The van der Waals surface area contributed by atoms with Crippen molar-refractivity contribution >= 4 is 23.2 Å². The van der Waals surface area contributed by atoms with Crippen LogP contribution in [0.15, 0.2) is 42.6 Å². The molecule has 0 unspecified atom stereocenters. The predicted molar refractivity (Wildman–Crippen MR) is 137 cm³/mol. The normalized spacial score (nSPS) is 17.2. The number of aromatic nitrogens is 2. The van der Waals surface area contributed by atoms with E-state index in [0.717, 1.165) is 12.8 Å². The first-order valence-corrected chi connectivity index (χ1v) is 12.5. The first-order chi connectivity index (χ1) is 18.1. The van der Waals surface area contributed by atoms with E-state index in [1.165, 1.54) is 6.07 Å². The molecule has 1 fully saturated rings. The van der Waals surface area contributed by atoms with Gasteiger partial charge < -0.3 is 30.6 Å². The number of carbonyl (C=O) groups is 1. The molecule has 4 N–H and O–H groups in total. The number of anilines is 3. The SMILES string of the molecule is Nc1cc2ccc1-c1ccnc(n1)Nc1cc(F)c(OC3CCOCC3)c(c1)COCCCCNC2=O. The molecule has 0 saturated carbocycles. The van der Waals surface area contributed by atoms with Gasteiger partial charge in [-0.15, -0.1) is 0 Å². The number of nitrogen functional groups attached to an aromatic ring is 1. The molecule has 3 aliphatic heterocycles. The molecular weight excluding hydrogens is 477 g/mol. The zero-order valence-corrected chi connectivity index (χ0v) is 20.5. The maximum atomic E-state index is 15.3.